The minimum absolute atomic E-state index is 0.880. The van der Waals surface area contributed by atoms with Crippen molar-refractivity contribution in [3.05, 3.63) is 11.1 Å². The van der Waals surface area contributed by atoms with Gasteiger partial charge in [-0.3, -0.25) is 0 Å². The first-order valence-electron chi connectivity index (χ1n) is 3.80. The Hall–Kier alpha value is -0.300. The molecule has 0 spiro atoms. The molecule has 0 aliphatic heterocycles. The van der Waals surface area contributed by atoms with Crippen LogP contribution in [0.15, 0.2) is 11.1 Å². The van der Waals surface area contributed by atoms with Gasteiger partial charge >= 0.3 is 0 Å². The normalized spacial score (nSPS) is 9.60. The molecule has 0 fully saturated rings. The molecule has 0 amide bonds. The van der Waals surface area contributed by atoms with Gasteiger partial charge in [-0.1, -0.05) is 11.1 Å². The van der Waals surface area contributed by atoms with Crippen LogP contribution in [0.2, 0.25) is 0 Å². The van der Waals surface area contributed by atoms with Crippen molar-refractivity contribution in [1.82, 2.24) is 0 Å². The van der Waals surface area contributed by atoms with E-state index in [0.29, 0.717) is 0 Å². The second-order valence-electron chi connectivity index (χ2n) is 2.88. The highest BCUT2D eigenvalue weighted by Gasteiger charge is 1.91. The van der Waals surface area contributed by atoms with Gasteiger partial charge in [0.15, 0.2) is 0 Å². The maximum atomic E-state index is 4.95. The molecular weight excluding hydrogens is 124 g/mol. The first kappa shape index (κ1) is 9.70. The smallest absolute Gasteiger partial charge is 0.0465 e. The standard InChI is InChI=1S/C9H18O/c1-8(2)9(3)6-5-7-10-4/h5-7H2,1-4H3. The summed E-state index contributed by atoms with van der Waals surface area (Å²) in [6.45, 7) is 7.37. The lowest BCUT2D eigenvalue weighted by Crippen LogP contribution is -1.89. The molecule has 0 heterocycles. The van der Waals surface area contributed by atoms with E-state index < -0.39 is 0 Å². The molecule has 0 saturated heterocycles. The van der Waals surface area contributed by atoms with Crippen molar-refractivity contribution < 1.29 is 4.74 Å². The van der Waals surface area contributed by atoms with Crippen LogP contribution in [0.3, 0.4) is 0 Å². The van der Waals surface area contributed by atoms with E-state index in [1.807, 2.05) is 0 Å². The Kier molecular flexibility index (Phi) is 5.32. The molecule has 0 N–H and O–H groups in total. The van der Waals surface area contributed by atoms with Crippen LogP contribution in [0.1, 0.15) is 33.6 Å². The van der Waals surface area contributed by atoms with Crippen LogP contribution in [0.25, 0.3) is 0 Å². The van der Waals surface area contributed by atoms with Gasteiger partial charge in [-0.25, -0.2) is 0 Å². The average molecular weight is 142 g/mol. The third-order valence-corrected chi connectivity index (χ3v) is 1.75. The second-order valence-corrected chi connectivity index (χ2v) is 2.88. The first-order chi connectivity index (χ1) is 4.68. The van der Waals surface area contributed by atoms with Crippen LogP contribution < -0.4 is 0 Å². The van der Waals surface area contributed by atoms with Crippen LogP contribution >= 0.6 is 0 Å². The van der Waals surface area contributed by atoms with Gasteiger partial charge in [0.1, 0.15) is 0 Å². The van der Waals surface area contributed by atoms with Crippen LogP contribution in [0.5, 0.6) is 0 Å². The Morgan fingerprint density at radius 3 is 2.20 bits per heavy atom. The molecule has 0 aromatic rings. The lowest BCUT2D eigenvalue weighted by molar-refractivity contribution is 0.195. The maximum Gasteiger partial charge on any atom is 0.0465 e. The Morgan fingerprint density at radius 1 is 1.20 bits per heavy atom. The second kappa shape index (κ2) is 5.48. The predicted molar refractivity (Wildman–Crippen MR) is 45.2 cm³/mol. The highest BCUT2D eigenvalue weighted by Crippen LogP contribution is 2.08. The maximum absolute atomic E-state index is 4.95. The van der Waals surface area contributed by atoms with E-state index in [0.717, 1.165) is 13.0 Å². The summed E-state index contributed by atoms with van der Waals surface area (Å²) in [7, 11) is 1.75. The van der Waals surface area contributed by atoms with Crippen LogP contribution in [-0.4, -0.2) is 13.7 Å². The summed E-state index contributed by atoms with van der Waals surface area (Å²) in [5.41, 5.74) is 2.94. The number of hydrogen-bond donors (Lipinski definition) is 0. The van der Waals surface area contributed by atoms with Gasteiger partial charge in [0.05, 0.1) is 0 Å². The van der Waals surface area contributed by atoms with E-state index in [1.54, 1.807) is 7.11 Å². The van der Waals surface area contributed by atoms with E-state index in [9.17, 15) is 0 Å². The molecule has 0 bridgehead atoms. The van der Waals surface area contributed by atoms with Crippen molar-refractivity contribution in [2.24, 2.45) is 0 Å². The Balaban J connectivity index is 3.40. The van der Waals surface area contributed by atoms with Crippen LogP contribution in [0.4, 0.5) is 0 Å². The summed E-state index contributed by atoms with van der Waals surface area (Å²) in [6, 6.07) is 0. The number of allylic oxidation sites excluding steroid dienone is 2. The Bertz CT molecular complexity index is 110. The van der Waals surface area contributed by atoms with E-state index in [-0.39, 0.29) is 0 Å². The van der Waals surface area contributed by atoms with Crippen molar-refractivity contribution >= 4 is 0 Å². The van der Waals surface area contributed by atoms with Crippen LogP contribution in [0, 0.1) is 0 Å². The van der Waals surface area contributed by atoms with Gasteiger partial charge in [-0.2, -0.15) is 0 Å². The predicted octanol–water partition coefficient (Wildman–Crippen LogP) is 2.77. The molecule has 1 heteroatoms. The van der Waals surface area contributed by atoms with E-state index >= 15 is 0 Å². The monoisotopic (exact) mass is 142 g/mol. The zero-order valence-electron chi connectivity index (χ0n) is 7.53. The van der Waals surface area contributed by atoms with Gasteiger partial charge in [0, 0.05) is 13.7 Å². The van der Waals surface area contributed by atoms with Crippen LogP contribution in [-0.2, 0) is 4.74 Å². The highest BCUT2D eigenvalue weighted by molar-refractivity contribution is 5.06. The zero-order valence-corrected chi connectivity index (χ0v) is 7.53. The van der Waals surface area contributed by atoms with Crippen molar-refractivity contribution in [3.8, 4) is 0 Å². The minimum atomic E-state index is 0.880. The largest absolute Gasteiger partial charge is 0.385 e. The zero-order chi connectivity index (χ0) is 7.98. The van der Waals surface area contributed by atoms with Gasteiger partial charge < -0.3 is 4.74 Å². The van der Waals surface area contributed by atoms with Crippen molar-refractivity contribution in [2.45, 2.75) is 33.6 Å². The molecule has 0 aliphatic rings. The van der Waals surface area contributed by atoms with Gasteiger partial charge in [0.25, 0.3) is 0 Å². The summed E-state index contributed by atoms with van der Waals surface area (Å²) in [4.78, 5) is 0. The van der Waals surface area contributed by atoms with Gasteiger partial charge in [-0.15, -0.1) is 0 Å². The Morgan fingerprint density at radius 2 is 1.80 bits per heavy atom. The molecule has 1 nitrogen and oxygen atoms in total. The fraction of sp³-hybridized carbons (Fsp3) is 0.778. The number of methoxy groups -OCH3 is 1. The average Bonchev–Trinajstić information content (AvgIpc) is 1.88. The molecule has 0 aliphatic carbocycles. The third kappa shape index (κ3) is 4.57. The molecule has 0 radical (unpaired) electrons. The topological polar surface area (TPSA) is 9.23 Å². The summed E-state index contributed by atoms with van der Waals surface area (Å²) >= 11 is 0. The molecule has 0 aromatic carbocycles. The molecule has 0 rings (SSSR count). The Labute approximate surface area is 64.1 Å². The van der Waals surface area contributed by atoms with E-state index in [4.69, 9.17) is 4.74 Å². The molecule has 10 heavy (non-hydrogen) atoms. The fourth-order valence-electron chi connectivity index (χ4n) is 0.732. The van der Waals surface area contributed by atoms with Gasteiger partial charge in [-0.05, 0) is 33.6 Å². The molecule has 0 aromatic heterocycles. The SMILES string of the molecule is COCCCC(C)=C(C)C. The molecule has 0 atom stereocenters. The number of ether oxygens (including phenoxy) is 1. The van der Waals surface area contributed by atoms with Crippen molar-refractivity contribution in [3.63, 3.8) is 0 Å². The molecule has 0 unspecified atom stereocenters. The summed E-state index contributed by atoms with van der Waals surface area (Å²) in [6.07, 6.45) is 2.32. The third-order valence-electron chi connectivity index (χ3n) is 1.75. The summed E-state index contributed by atoms with van der Waals surface area (Å²) in [5, 5.41) is 0. The molecule has 60 valence electrons. The van der Waals surface area contributed by atoms with E-state index in [1.165, 1.54) is 17.6 Å². The van der Waals surface area contributed by atoms with E-state index in [2.05, 4.69) is 20.8 Å². The summed E-state index contributed by atoms with van der Waals surface area (Å²) in [5.74, 6) is 0. The summed E-state index contributed by atoms with van der Waals surface area (Å²) < 4.78 is 4.95. The van der Waals surface area contributed by atoms with Crippen molar-refractivity contribution in [1.29, 1.82) is 0 Å². The molecule has 0 saturated carbocycles. The first-order valence-corrected chi connectivity index (χ1v) is 3.80. The highest BCUT2D eigenvalue weighted by atomic mass is 16.5. The van der Waals surface area contributed by atoms with Gasteiger partial charge in [0.2, 0.25) is 0 Å². The lowest BCUT2D eigenvalue weighted by Gasteiger charge is -2.02. The minimum Gasteiger partial charge on any atom is -0.385 e. The fourth-order valence-corrected chi connectivity index (χ4v) is 0.732. The lowest BCUT2D eigenvalue weighted by atomic mass is 10.1. The quantitative estimate of drug-likeness (QED) is 0.433. The number of hydrogen-bond acceptors (Lipinski definition) is 1. The molecular formula is C9H18O. The number of rotatable bonds is 4. The van der Waals surface area contributed by atoms with Crippen molar-refractivity contribution in [2.75, 3.05) is 13.7 Å².